The zero-order valence-electron chi connectivity index (χ0n) is 13.5. The Morgan fingerprint density at radius 2 is 1.03 bits per heavy atom. The molecule has 0 radical (unpaired) electrons. The van der Waals surface area contributed by atoms with Crippen LogP contribution in [0.1, 0.15) is 11.1 Å². The molecule has 12 nitrogen and oxygen atoms in total. The molecule has 0 aliphatic carbocycles. The van der Waals surface area contributed by atoms with E-state index in [2.05, 4.69) is 0 Å². The normalized spacial score (nSPS) is 11.8. The first-order valence-corrected chi connectivity index (χ1v) is 9.88. The van der Waals surface area contributed by atoms with Gasteiger partial charge in [0, 0.05) is 24.3 Å². The summed E-state index contributed by atoms with van der Waals surface area (Å²) in [6.45, 7) is 0. The van der Waals surface area contributed by atoms with E-state index in [1.807, 2.05) is 0 Å². The molecule has 0 heterocycles. The van der Waals surface area contributed by atoms with Gasteiger partial charge >= 0.3 is 29.6 Å². The number of nitro benzene ring substituents is 2. The van der Waals surface area contributed by atoms with E-state index in [0.29, 0.717) is 12.1 Å². The van der Waals surface area contributed by atoms with E-state index in [1.54, 1.807) is 0 Å². The number of benzene rings is 2. The first-order chi connectivity index (χ1) is 12.8. The molecule has 0 bridgehead atoms. The summed E-state index contributed by atoms with van der Waals surface area (Å²) in [6.07, 6.45) is 2.01. The Morgan fingerprint density at radius 1 is 0.724 bits per heavy atom. The van der Waals surface area contributed by atoms with Gasteiger partial charge in [0.25, 0.3) is 31.6 Å². The van der Waals surface area contributed by atoms with Crippen LogP contribution >= 0.6 is 0 Å². The van der Waals surface area contributed by atoms with Gasteiger partial charge in [0.15, 0.2) is 0 Å². The SMILES string of the molecule is O=[N+]([O-])c1ccc(C=Cc2ccc([N+](=O)[O-])cc2S(=O)(=O)O)c(S(=O)(=O)O)c1.[NaH]. The molecule has 0 amide bonds. The fourth-order valence-corrected chi connectivity index (χ4v) is 3.58. The molecule has 0 aliphatic rings. The number of nitro groups is 2. The van der Waals surface area contributed by atoms with E-state index in [4.69, 9.17) is 0 Å². The number of non-ortho nitro benzene ring substituents is 2. The Hall–Kier alpha value is -2.20. The molecular formula is C14H11N2NaO10S2. The topological polar surface area (TPSA) is 195 Å². The number of hydrogen-bond donors (Lipinski definition) is 2. The molecule has 2 aromatic rings. The van der Waals surface area contributed by atoms with Crippen LogP contribution < -0.4 is 0 Å². The van der Waals surface area contributed by atoms with E-state index in [1.165, 1.54) is 0 Å². The van der Waals surface area contributed by atoms with Gasteiger partial charge in [-0.2, -0.15) is 16.8 Å². The first-order valence-electron chi connectivity index (χ1n) is 7.00. The van der Waals surface area contributed by atoms with Gasteiger partial charge in [-0.15, -0.1) is 0 Å². The molecule has 0 saturated heterocycles. The zero-order chi connectivity index (χ0) is 21.3. The van der Waals surface area contributed by atoms with Crippen LogP contribution in [-0.2, 0) is 20.2 Å². The number of hydrogen-bond acceptors (Lipinski definition) is 8. The second kappa shape index (κ2) is 9.08. The Labute approximate surface area is 186 Å². The molecule has 0 aromatic heterocycles. The predicted molar refractivity (Wildman–Crippen MR) is 102 cm³/mol. The number of rotatable bonds is 6. The third-order valence-corrected chi connectivity index (χ3v) is 5.23. The van der Waals surface area contributed by atoms with E-state index >= 15 is 0 Å². The van der Waals surface area contributed by atoms with Crippen molar-refractivity contribution in [2.75, 3.05) is 0 Å². The summed E-state index contributed by atoms with van der Waals surface area (Å²) < 4.78 is 64.4. The quantitative estimate of drug-likeness (QED) is 0.212. The number of nitrogens with zero attached hydrogens (tertiary/aromatic N) is 2. The van der Waals surface area contributed by atoms with E-state index in [-0.39, 0.29) is 40.7 Å². The summed E-state index contributed by atoms with van der Waals surface area (Å²) >= 11 is 0. The van der Waals surface area contributed by atoms with Crippen LogP contribution in [0.25, 0.3) is 12.2 Å². The summed E-state index contributed by atoms with van der Waals surface area (Å²) in [5.41, 5.74) is -1.68. The average molecular weight is 454 g/mol. The third-order valence-electron chi connectivity index (χ3n) is 3.41. The van der Waals surface area contributed by atoms with Gasteiger partial charge in [0.2, 0.25) is 0 Å². The van der Waals surface area contributed by atoms with Crippen molar-refractivity contribution >= 4 is 73.3 Å². The average Bonchev–Trinajstić information content (AvgIpc) is 2.57. The monoisotopic (exact) mass is 454 g/mol. The van der Waals surface area contributed by atoms with Crippen molar-refractivity contribution in [2.24, 2.45) is 0 Å². The van der Waals surface area contributed by atoms with Crippen LogP contribution in [0, 0.1) is 20.2 Å². The molecule has 0 unspecified atom stereocenters. The molecule has 2 aromatic carbocycles. The van der Waals surface area contributed by atoms with Crippen LogP contribution in [0.2, 0.25) is 0 Å². The second-order valence-corrected chi connectivity index (χ2v) is 8.02. The Morgan fingerprint density at radius 3 is 1.28 bits per heavy atom. The Bertz CT molecular complexity index is 1130. The summed E-state index contributed by atoms with van der Waals surface area (Å²) in [5.74, 6) is 0. The van der Waals surface area contributed by atoms with E-state index in [0.717, 1.165) is 36.4 Å². The van der Waals surface area contributed by atoms with Gasteiger partial charge < -0.3 is 0 Å². The predicted octanol–water partition coefficient (Wildman–Crippen LogP) is 1.52. The van der Waals surface area contributed by atoms with Crippen molar-refractivity contribution in [1.29, 1.82) is 0 Å². The van der Waals surface area contributed by atoms with Crippen LogP contribution in [0.3, 0.4) is 0 Å². The van der Waals surface area contributed by atoms with Crippen molar-refractivity contribution < 1.29 is 35.8 Å². The summed E-state index contributed by atoms with van der Waals surface area (Å²) in [7, 11) is -9.73. The molecule has 0 aliphatic heterocycles. The fourth-order valence-electron chi connectivity index (χ4n) is 2.17. The van der Waals surface area contributed by atoms with Crippen molar-refractivity contribution in [3.63, 3.8) is 0 Å². The molecule has 0 spiro atoms. The maximum absolute atomic E-state index is 11.5. The van der Waals surface area contributed by atoms with Crippen LogP contribution in [0.5, 0.6) is 0 Å². The van der Waals surface area contributed by atoms with Gasteiger partial charge in [0.05, 0.1) is 9.85 Å². The third kappa shape index (κ3) is 6.14. The Kier molecular flexibility index (Phi) is 7.78. The summed E-state index contributed by atoms with van der Waals surface area (Å²) in [6, 6.07) is 5.11. The minimum absolute atomic E-state index is 0. The zero-order valence-corrected chi connectivity index (χ0v) is 15.1. The molecule has 0 atom stereocenters. The first kappa shape index (κ1) is 24.8. The summed E-state index contributed by atoms with van der Waals surface area (Å²) in [5, 5.41) is 21.5. The van der Waals surface area contributed by atoms with Gasteiger partial charge in [-0.1, -0.05) is 12.2 Å². The molecule has 0 fully saturated rings. The van der Waals surface area contributed by atoms with E-state index in [9.17, 15) is 46.2 Å². The fraction of sp³-hybridized carbons (Fsp3) is 0. The van der Waals surface area contributed by atoms with Gasteiger partial charge in [-0.3, -0.25) is 29.3 Å². The van der Waals surface area contributed by atoms with Gasteiger partial charge in [-0.05, 0) is 23.3 Å². The summed E-state index contributed by atoms with van der Waals surface area (Å²) in [4.78, 5) is 18.2. The molecule has 2 N–H and O–H groups in total. The minimum atomic E-state index is -4.86. The van der Waals surface area contributed by atoms with Crippen molar-refractivity contribution in [2.45, 2.75) is 9.79 Å². The molecule has 2 rings (SSSR count). The van der Waals surface area contributed by atoms with Crippen molar-refractivity contribution in [1.82, 2.24) is 0 Å². The van der Waals surface area contributed by atoms with Crippen LogP contribution in [-0.4, -0.2) is 65.3 Å². The van der Waals surface area contributed by atoms with E-state index < -0.39 is 51.2 Å². The van der Waals surface area contributed by atoms with Crippen molar-refractivity contribution in [3.05, 3.63) is 67.8 Å². The molecular weight excluding hydrogens is 443 g/mol. The molecule has 15 heteroatoms. The standard InChI is InChI=1S/C14H10N2O10S2.Na.H/c17-15(18)11-5-3-9(13(7-11)27(21,22)23)1-2-10-4-6-12(16(19)20)8-14(10)28(24,25)26;;/h1-8H,(H,21,22,23)(H,24,25,26);;. The maximum atomic E-state index is 11.5. The second-order valence-electron chi connectivity index (χ2n) is 5.24. The molecule has 150 valence electrons. The van der Waals surface area contributed by atoms with Crippen molar-refractivity contribution in [3.8, 4) is 0 Å². The Balaban J connectivity index is 0.00000420. The molecule has 29 heavy (non-hydrogen) atoms. The molecule has 0 saturated carbocycles. The van der Waals surface area contributed by atoms with Crippen LogP contribution in [0.15, 0.2) is 46.2 Å². The van der Waals surface area contributed by atoms with Gasteiger partial charge in [-0.25, -0.2) is 0 Å². The van der Waals surface area contributed by atoms with Gasteiger partial charge in [0.1, 0.15) is 9.79 Å². The van der Waals surface area contributed by atoms with Crippen LogP contribution in [0.4, 0.5) is 11.4 Å².